The summed E-state index contributed by atoms with van der Waals surface area (Å²) in [6.45, 7) is 10.0. The Labute approximate surface area is 157 Å². The molecule has 9 heteroatoms. The summed E-state index contributed by atoms with van der Waals surface area (Å²) >= 11 is 1.05. The van der Waals surface area contributed by atoms with Gasteiger partial charge in [-0.15, -0.1) is 11.3 Å². The number of thiazole rings is 1. The first kappa shape index (κ1) is 21.0. The molecule has 0 saturated carbocycles. The van der Waals surface area contributed by atoms with E-state index in [4.69, 9.17) is 0 Å². The predicted molar refractivity (Wildman–Crippen MR) is 99.6 cm³/mol. The minimum atomic E-state index is -4.37. The smallest absolute Gasteiger partial charge is 0.356 e. The molecule has 0 spiro atoms. The first-order chi connectivity index (χ1) is 12.4. The molecule has 1 fully saturated rings. The molecule has 1 unspecified atom stereocenters. The second-order valence-corrected chi connectivity index (χ2v) is 7.38. The highest BCUT2D eigenvalue weighted by Gasteiger charge is 2.33. The highest BCUT2D eigenvalue weighted by Crippen LogP contribution is 2.30. The third kappa shape index (κ3) is 5.84. The lowest BCUT2D eigenvalue weighted by Gasteiger charge is -2.24. The van der Waals surface area contributed by atoms with E-state index in [1.165, 1.54) is 0 Å². The van der Waals surface area contributed by atoms with Crippen LogP contribution in [0.2, 0.25) is 0 Å². The van der Waals surface area contributed by atoms with Crippen molar-refractivity contribution < 1.29 is 13.2 Å². The molecule has 26 heavy (non-hydrogen) atoms. The number of rotatable bonds is 7. The van der Waals surface area contributed by atoms with Gasteiger partial charge in [0.2, 0.25) is 0 Å². The standard InChI is InChI=1S/C17H28F3N5S/c1-4-24(5-2)10-13-7-9-25(11-13)16(21-3)22-8-6-15-23-14(12-26-15)17(18,19)20/h12-13H,4-11H2,1-3H3,(H,21,22). The Bertz CT molecular complexity index is 583. The molecule has 0 aromatic carbocycles. The molecule has 0 aliphatic carbocycles. The van der Waals surface area contributed by atoms with Gasteiger partial charge < -0.3 is 15.1 Å². The molecule has 5 nitrogen and oxygen atoms in total. The molecule has 1 atom stereocenters. The van der Waals surface area contributed by atoms with Gasteiger partial charge in [-0.25, -0.2) is 4.98 Å². The molecule has 1 N–H and O–H groups in total. The molecule has 2 heterocycles. The van der Waals surface area contributed by atoms with Gasteiger partial charge in [0, 0.05) is 45.0 Å². The lowest BCUT2D eigenvalue weighted by molar-refractivity contribution is -0.140. The second-order valence-electron chi connectivity index (χ2n) is 6.43. The van der Waals surface area contributed by atoms with E-state index in [9.17, 15) is 13.2 Å². The average molecular weight is 392 g/mol. The number of alkyl halides is 3. The summed E-state index contributed by atoms with van der Waals surface area (Å²) in [7, 11) is 1.74. The SMILES string of the molecule is CCN(CC)CC1CCN(C(=NC)NCCc2nc(C(F)(F)F)cs2)C1. The van der Waals surface area contributed by atoms with E-state index in [0.717, 1.165) is 61.8 Å². The maximum absolute atomic E-state index is 12.6. The maximum Gasteiger partial charge on any atom is 0.434 e. The predicted octanol–water partition coefficient (Wildman–Crippen LogP) is 2.94. The molecule has 1 aliphatic heterocycles. The molecule has 2 rings (SSSR count). The minimum Gasteiger partial charge on any atom is -0.356 e. The molecular weight excluding hydrogens is 363 g/mol. The number of hydrogen-bond acceptors (Lipinski definition) is 4. The molecule has 0 radical (unpaired) electrons. The lowest BCUT2D eigenvalue weighted by Crippen LogP contribution is -2.41. The van der Waals surface area contributed by atoms with Gasteiger partial charge in [-0.1, -0.05) is 13.8 Å². The molecule has 0 bridgehead atoms. The third-order valence-electron chi connectivity index (χ3n) is 4.67. The highest BCUT2D eigenvalue weighted by atomic mass is 32.1. The van der Waals surface area contributed by atoms with Crippen LogP contribution in [-0.2, 0) is 12.6 Å². The fourth-order valence-corrected chi connectivity index (χ4v) is 4.00. The van der Waals surface area contributed by atoms with Crippen LogP contribution in [0.3, 0.4) is 0 Å². The summed E-state index contributed by atoms with van der Waals surface area (Å²) in [5.74, 6) is 1.45. The van der Waals surface area contributed by atoms with Gasteiger partial charge in [-0.3, -0.25) is 4.99 Å². The molecule has 1 aliphatic rings. The van der Waals surface area contributed by atoms with E-state index in [2.05, 4.69) is 38.9 Å². The molecule has 1 aromatic heterocycles. The summed E-state index contributed by atoms with van der Waals surface area (Å²) in [4.78, 5) is 12.6. The van der Waals surface area contributed by atoms with E-state index in [0.29, 0.717) is 23.9 Å². The van der Waals surface area contributed by atoms with E-state index < -0.39 is 11.9 Å². The van der Waals surface area contributed by atoms with Crippen molar-refractivity contribution in [2.24, 2.45) is 10.9 Å². The number of likely N-dealkylation sites (tertiary alicyclic amines) is 1. The van der Waals surface area contributed by atoms with Crippen LogP contribution < -0.4 is 5.32 Å². The van der Waals surface area contributed by atoms with Crippen LogP contribution in [0.5, 0.6) is 0 Å². The van der Waals surface area contributed by atoms with E-state index in [1.807, 2.05) is 0 Å². The van der Waals surface area contributed by atoms with Crippen LogP contribution >= 0.6 is 11.3 Å². The van der Waals surface area contributed by atoms with Crippen LogP contribution in [0.1, 0.15) is 31.0 Å². The van der Waals surface area contributed by atoms with Gasteiger partial charge in [0.25, 0.3) is 0 Å². The number of nitrogens with zero attached hydrogens (tertiary/aromatic N) is 4. The fraction of sp³-hybridized carbons (Fsp3) is 0.765. The van der Waals surface area contributed by atoms with Crippen molar-refractivity contribution in [3.05, 3.63) is 16.1 Å². The first-order valence-corrected chi connectivity index (χ1v) is 9.94. The van der Waals surface area contributed by atoms with Crippen LogP contribution in [0.25, 0.3) is 0 Å². The van der Waals surface area contributed by atoms with Crippen molar-refractivity contribution in [2.75, 3.05) is 46.3 Å². The normalized spacial score (nSPS) is 18.8. The van der Waals surface area contributed by atoms with Gasteiger partial charge in [-0.2, -0.15) is 13.2 Å². The second kappa shape index (κ2) is 9.55. The Hall–Kier alpha value is -1.35. The Balaban J connectivity index is 1.79. The van der Waals surface area contributed by atoms with E-state index in [1.54, 1.807) is 7.05 Å². The zero-order chi connectivity index (χ0) is 19.2. The van der Waals surface area contributed by atoms with Gasteiger partial charge in [0.15, 0.2) is 11.7 Å². The van der Waals surface area contributed by atoms with Gasteiger partial charge in [0.05, 0.1) is 5.01 Å². The topological polar surface area (TPSA) is 43.8 Å². The van der Waals surface area contributed by atoms with Gasteiger partial charge in [-0.05, 0) is 25.4 Å². The monoisotopic (exact) mass is 391 g/mol. The fourth-order valence-electron chi connectivity index (χ4n) is 3.19. The van der Waals surface area contributed by atoms with Crippen molar-refractivity contribution >= 4 is 17.3 Å². The number of hydrogen-bond donors (Lipinski definition) is 1. The minimum absolute atomic E-state index is 0.455. The zero-order valence-electron chi connectivity index (χ0n) is 15.6. The van der Waals surface area contributed by atoms with Gasteiger partial charge >= 0.3 is 6.18 Å². The Morgan fingerprint density at radius 1 is 1.42 bits per heavy atom. The van der Waals surface area contributed by atoms with Crippen LogP contribution in [0, 0.1) is 5.92 Å². The number of aliphatic imine (C=N–C) groups is 1. The number of aromatic nitrogens is 1. The Kier molecular flexibility index (Phi) is 7.69. The van der Waals surface area contributed by atoms with E-state index >= 15 is 0 Å². The molecule has 1 aromatic rings. The van der Waals surface area contributed by atoms with E-state index in [-0.39, 0.29) is 0 Å². The number of halogens is 3. The van der Waals surface area contributed by atoms with Crippen LogP contribution in [-0.4, -0.2) is 67.1 Å². The summed E-state index contributed by atoms with van der Waals surface area (Å²) < 4.78 is 37.8. The Morgan fingerprint density at radius 3 is 2.73 bits per heavy atom. The zero-order valence-corrected chi connectivity index (χ0v) is 16.5. The van der Waals surface area contributed by atoms with Crippen LogP contribution in [0.4, 0.5) is 13.2 Å². The van der Waals surface area contributed by atoms with Crippen molar-refractivity contribution in [1.82, 2.24) is 20.1 Å². The third-order valence-corrected chi connectivity index (χ3v) is 5.58. The highest BCUT2D eigenvalue weighted by molar-refractivity contribution is 7.09. The lowest BCUT2D eigenvalue weighted by atomic mass is 10.1. The largest absolute Gasteiger partial charge is 0.434 e. The summed E-state index contributed by atoms with van der Waals surface area (Å²) in [5, 5.41) is 4.82. The first-order valence-electron chi connectivity index (χ1n) is 9.06. The molecule has 148 valence electrons. The average Bonchev–Trinajstić information content (AvgIpc) is 3.26. The summed E-state index contributed by atoms with van der Waals surface area (Å²) in [6, 6.07) is 0. The number of nitrogens with one attached hydrogen (secondary N) is 1. The molecule has 1 saturated heterocycles. The van der Waals surface area contributed by atoms with Crippen molar-refractivity contribution in [3.8, 4) is 0 Å². The van der Waals surface area contributed by atoms with Crippen LogP contribution in [0.15, 0.2) is 10.4 Å². The maximum atomic E-state index is 12.6. The van der Waals surface area contributed by atoms with Crippen molar-refractivity contribution in [2.45, 2.75) is 32.9 Å². The number of guanidine groups is 1. The Morgan fingerprint density at radius 2 is 2.15 bits per heavy atom. The summed E-state index contributed by atoms with van der Waals surface area (Å²) in [5.41, 5.74) is -0.805. The van der Waals surface area contributed by atoms with Crippen molar-refractivity contribution in [1.29, 1.82) is 0 Å². The van der Waals surface area contributed by atoms with Crippen molar-refractivity contribution in [3.63, 3.8) is 0 Å². The molecule has 0 amide bonds. The molecular formula is C17H28F3N5S. The summed E-state index contributed by atoms with van der Waals surface area (Å²) in [6.07, 6.45) is -2.78. The van der Waals surface area contributed by atoms with Gasteiger partial charge in [0.1, 0.15) is 0 Å². The quantitative estimate of drug-likeness (QED) is 0.573.